The number of nitrogens with zero attached hydrogens (tertiary/aromatic N) is 4. The van der Waals surface area contributed by atoms with Gasteiger partial charge in [0.1, 0.15) is 6.07 Å². The van der Waals surface area contributed by atoms with E-state index in [2.05, 4.69) is 0 Å². The first-order chi connectivity index (χ1) is 9.92. The van der Waals surface area contributed by atoms with E-state index in [0.29, 0.717) is 13.1 Å². The van der Waals surface area contributed by atoms with E-state index in [1.807, 2.05) is 18.2 Å². The molecule has 2 atom stereocenters. The summed E-state index contributed by atoms with van der Waals surface area (Å²) in [7, 11) is 0. The van der Waals surface area contributed by atoms with Crippen molar-refractivity contribution in [2.75, 3.05) is 13.1 Å². The topological polar surface area (TPSA) is 118 Å². The highest BCUT2D eigenvalue weighted by atomic mass is 16.2. The molecule has 0 spiro atoms. The van der Waals surface area contributed by atoms with E-state index < -0.39 is 11.3 Å². The fourth-order valence-corrected chi connectivity index (χ4v) is 3.12. The predicted octanol–water partition coefficient (Wildman–Crippen LogP) is 0.811. The van der Waals surface area contributed by atoms with Crippen molar-refractivity contribution in [3.05, 3.63) is 22.9 Å². The van der Waals surface area contributed by atoms with Crippen molar-refractivity contribution in [1.29, 1.82) is 15.8 Å². The summed E-state index contributed by atoms with van der Waals surface area (Å²) in [6, 6.07) is 5.99. The summed E-state index contributed by atoms with van der Waals surface area (Å²) >= 11 is 0. The first-order valence-corrected chi connectivity index (χ1v) is 6.61. The summed E-state index contributed by atoms with van der Waals surface area (Å²) in [5.41, 5.74) is 5.44. The number of nitriles is 3. The van der Waals surface area contributed by atoms with Crippen molar-refractivity contribution in [3.8, 4) is 18.2 Å². The summed E-state index contributed by atoms with van der Waals surface area (Å²) in [6.07, 6.45) is 1.80. The van der Waals surface area contributed by atoms with Crippen molar-refractivity contribution in [3.63, 3.8) is 0 Å². The van der Waals surface area contributed by atoms with E-state index in [-0.39, 0.29) is 23.1 Å². The van der Waals surface area contributed by atoms with Crippen molar-refractivity contribution >= 4 is 5.91 Å². The quantitative estimate of drug-likeness (QED) is 0.705. The third-order valence-corrected chi connectivity index (χ3v) is 4.53. The Morgan fingerprint density at radius 3 is 2.52 bits per heavy atom. The summed E-state index contributed by atoms with van der Waals surface area (Å²) in [5.74, 6) is -0.694. The number of fused-ring (bicyclic) bond motifs is 1. The van der Waals surface area contributed by atoms with E-state index in [9.17, 15) is 20.6 Å². The average Bonchev–Trinajstić information content (AvgIpc) is 2.49. The molecule has 0 radical (unpaired) electrons. The first-order valence-electron chi connectivity index (χ1n) is 6.61. The highest BCUT2D eigenvalue weighted by Gasteiger charge is 2.51. The second kappa shape index (κ2) is 4.96. The molecule has 2 N–H and O–H groups in total. The molecule has 0 bridgehead atoms. The lowest BCUT2D eigenvalue weighted by Gasteiger charge is -2.43. The molecule has 0 unspecified atom stereocenters. The minimum Gasteiger partial charge on any atom is -0.399 e. The number of rotatable bonds is 0. The highest BCUT2D eigenvalue weighted by Crippen LogP contribution is 2.48. The SMILES string of the molecule is CC(=O)N1CC=C2C(C#N)=C(N)C(C#N)(C#N)[C@@H](C)[C@H]2C1. The van der Waals surface area contributed by atoms with Crippen LogP contribution in [0.15, 0.2) is 22.9 Å². The monoisotopic (exact) mass is 281 g/mol. The summed E-state index contributed by atoms with van der Waals surface area (Å²) in [6.45, 7) is 4.06. The molecule has 106 valence electrons. The van der Waals surface area contributed by atoms with Gasteiger partial charge in [0.15, 0.2) is 5.41 Å². The van der Waals surface area contributed by atoms with Gasteiger partial charge >= 0.3 is 0 Å². The first kappa shape index (κ1) is 14.6. The second-order valence-electron chi connectivity index (χ2n) is 5.41. The molecular formula is C15H15N5O. The minimum absolute atomic E-state index is 0.0290. The van der Waals surface area contributed by atoms with Crippen LogP contribution >= 0.6 is 0 Å². The number of nitrogens with two attached hydrogens (primary N) is 1. The van der Waals surface area contributed by atoms with Gasteiger partial charge in [-0.05, 0) is 5.57 Å². The van der Waals surface area contributed by atoms with E-state index in [4.69, 9.17) is 5.73 Å². The number of hydrogen-bond donors (Lipinski definition) is 1. The molecule has 6 heteroatoms. The van der Waals surface area contributed by atoms with Gasteiger partial charge in [-0.25, -0.2) is 0 Å². The van der Waals surface area contributed by atoms with Crippen LogP contribution in [0, 0.1) is 51.2 Å². The Morgan fingerprint density at radius 2 is 2.05 bits per heavy atom. The van der Waals surface area contributed by atoms with Crippen LogP contribution in [0.25, 0.3) is 0 Å². The molecule has 2 rings (SSSR count). The Hall–Kier alpha value is -2.78. The van der Waals surface area contributed by atoms with Gasteiger partial charge in [0.25, 0.3) is 0 Å². The van der Waals surface area contributed by atoms with Crippen LogP contribution in [-0.2, 0) is 4.79 Å². The van der Waals surface area contributed by atoms with Gasteiger partial charge in [-0.2, -0.15) is 15.8 Å². The van der Waals surface area contributed by atoms with Crippen molar-refractivity contribution in [2.24, 2.45) is 23.0 Å². The molecule has 2 aliphatic rings. The number of carbonyl (C=O) groups is 1. The van der Waals surface area contributed by atoms with Gasteiger partial charge in [0.05, 0.1) is 23.4 Å². The van der Waals surface area contributed by atoms with Crippen LogP contribution in [0.2, 0.25) is 0 Å². The summed E-state index contributed by atoms with van der Waals surface area (Å²) in [4.78, 5) is 13.2. The normalized spacial score (nSPS) is 26.8. The van der Waals surface area contributed by atoms with E-state index in [0.717, 1.165) is 5.57 Å². The largest absolute Gasteiger partial charge is 0.399 e. The Kier molecular flexibility index (Phi) is 3.45. The van der Waals surface area contributed by atoms with Crippen LogP contribution < -0.4 is 5.73 Å². The zero-order valence-electron chi connectivity index (χ0n) is 11.9. The molecule has 1 amide bonds. The smallest absolute Gasteiger partial charge is 0.219 e. The fourth-order valence-electron chi connectivity index (χ4n) is 3.12. The van der Waals surface area contributed by atoms with Gasteiger partial charge in [0, 0.05) is 31.8 Å². The maximum atomic E-state index is 11.6. The molecule has 1 heterocycles. The predicted molar refractivity (Wildman–Crippen MR) is 73.5 cm³/mol. The molecule has 21 heavy (non-hydrogen) atoms. The minimum atomic E-state index is -1.52. The van der Waals surface area contributed by atoms with Crippen LogP contribution in [-0.4, -0.2) is 23.9 Å². The Labute approximate surface area is 123 Å². The maximum Gasteiger partial charge on any atom is 0.219 e. The van der Waals surface area contributed by atoms with Gasteiger partial charge in [-0.15, -0.1) is 0 Å². The van der Waals surface area contributed by atoms with Crippen LogP contribution in [0.1, 0.15) is 13.8 Å². The zero-order chi connectivity index (χ0) is 15.8. The molecule has 0 saturated carbocycles. The number of carbonyl (C=O) groups excluding carboxylic acids is 1. The van der Waals surface area contributed by atoms with Gasteiger partial charge < -0.3 is 10.6 Å². The summed E-state index contributed by atoms with van der Waals surface area (Å²) < 4.78 is 0. The van der Waals surface area contributed by atoms with Gasteiger partial charge in [-0.3, -0.25) is 4.79 Å². The number of amides is 1. The molecule has 0 aromatic rings. The van der Waals surface area contributed by atoms with Crippen molar-refractivity contribution in [1.82, 2.24) is 4.90 Å². The Balaban J connectivity index is 2.65. The lowest BCUT2D eigenvalue weighted by molar-refractivity contribution is -0.129. The number of allylic oxidation sites excluding steroid dienone is 2. The molecular weight excluding hydrogens is 266 g/mol. The van der Waals surface area contributed by atoms with Crippen molar-refractivity contribution in [2.45, 2.75) is 13.8 Å². The molecule has 6 nitrogen and oxygen atoms in total. The Morgan fingerprint density at radius 1 is 1.43 bits per heavy atom. The third kappa shape index (κ3) is 1.87. The third-order valence-electron chi connectivity index (χ3n) is 4.53. The Bertz CT molecular complexity index is 668. The average molecular weight is 281 g/mol. The van der Waals surface area contributed by atoms with Crippen molar-refractivity contribution < 1.29 is 4.79 Å². The molecule has 0 saturated heterocycles. The van der Waals surface area contributed by atoms with Gasteiger partial charge in [0.2, 0.25) is 5.91 Å². The molecule has 0 aromatic carbocycles. The van der Waals surface area contributed by atoms with Crippen LogP contribution in [0.3, 0.4) is 0 Å². The summed E-state index contributed by atoms with van der Waals surface area (Å²) in [5, 5.41) is 28.3. The zero-order valence-corrected chi connectivity index (χ0v) is 11.9. The standard InChI is InChI=1S/C15H15N5O/c1-9-13-6-20(10(2)21)4-3-11(13)12(5-16)14(19)15(9,7-17)8-18/h3,9,13H,4,6,19H2,1-2H3/t9-,13+/m0/s1. The van der Waals surface area contributed by atoms with Gasteiger partial charge in [-0.1, -0.05) is 13.0 Å². The number of hydrogen-bond acceptors (Lipinski definition) is 5. The van der Waals surface area contributed by atoms with E-state index >= 15 is 0 Å². The van der Waals surface area contributed by atoms with E-state index in [1.54, 1.807) is 17.9 Å². The lowest BCUT2D eigenvalue weighted by atomic mass is 9.61. The van der Waals surface area contributed by atoms with Crippen LogP contribution in [0.5, 0.6) is 0 Å². The molecule has 1 aliphatic carbocycles. The van der Waals surface area contributed by atoms with Crippen LogP contribution in [0.4, 0.5) is 0 Å². The maximum absolute atomic E-state index is 11.6. The molecule has 0 fully saturated rings. The molecule has 0 aromatic heterocycles. The van der Waals surface area contributed by atoms with E-state index in [1.165, 1.54) is 6.92 Å². The fraction of sp³-hybridized carbons (Fsp3) is 0.467. The second-order valence-corrected chi connectivity index (χ2v) is 5.41. The highest BCUT2D eigenvalue weighted by molar-refractivity contribution is 5.74. The lowest BCUT2D eigenvalue weighted by Crippen LogP contribution is -2.49. The molecule has 1 aliphatic heterocycles.